The molecule has 0 saturated carbocycles. The first-order valence-corrected chi connectivity index (χ1v) is 4.81. The van der Waals surface area contributed by atoms with Gasteiger partial charge in [-0.3, -0.25) is 19.4 Å². The Labute approximate surface area is 96.4 Å². The lowest BCUT2D eigenvalue weighted by Crippen LogP contribution is -2.27. The number of aromatic hydroxyl groups is 1. The second-order valence-corrected chi connectivity index (χ2v) is 3.20. The van der Waals surface area contributed by atoms with Gasteiger partial charge in [-0.05, 0) is 0 Å². The molecule has 7 nitrogen and oxygen atoms in total. The zero-order chi connectivity index (χ0) is 12.8. The third-order valence-electron chi connectivity index (χ3n) is 1.93. The Morgan fingerprint density at radius 3 is 2.76 bits per heavy atom. The Bertz CT molecular complexity index is 480. The molecule has 1 aromatic heterocycles. The molecule has 0 saturated heterocycles. The van der Waals surface area contributed by atoms with Crippen LogP contribution in [0.5, 0.6) is 5.88 Å². The van der Waals surface area contributed by atoms with Crippen LogP contribution in [0, 0.1) is 0 Å². The van der Waals surface area contributed by atoms with Crippen LogP contribution in [0.2, 0.25) is 0 Å². The molecular weight excluding hydrogens is 228 g/mol. The molecule has 0 unspecified atom stereocenters. The molecule has 92 valence electrons. The summed E-state index contributed by atoms with van der Waals surface area (Å²) in [6, 6.07) is 2.17. The highest BCUT2D eigenvalue weighted by atomic mass is 16.5. The average molecular weight is 240 g/mol. The van der Waals surface area contributed by atoms with Crippen molar-refractivity contribution in [2.75, 3.05) is 13.7 Å². The van der Waals surface area contributed by atoms with Crippen molar-refractivity contribution in [3.05, 3.63) is 28.0 Å². The van der Waals surface area contributed by atoms with Crippen molar-refractivity contribution in [1.29, 1.82) is 0 Å². The van der Waals surface area contributed by atoms with Crippen LogP contribution in [0.4, 0.5) is 0 Å². The number of rotatable bonds is 4. The Morgan fingerprint density at radius 2 is 2.18 bits per heavy atom. The van der Waals surface area contributed by atoms with Gasteiger partial charge in [0.15, 0.2) is 5.88 Å². The van der Waals surface area contributed by atoms with E-state index in [0.29, 0.717) is 0 Å². The summed E-state index contributed by atoms with van der Waals surface area (Å²) >= 11 is 0. The first-order chi connectivity index (χ1) is 8.02. The second-order valence-electron chi connectivity index (χ2n) is 3.20. The van der Waals surface area contributed by atoms with Gasteiger partial charge in [0.25, 0.3) is 11.5 Å². The summed E-state index contributed by atoms with van der Waals surface area (Å²) in [7, 11) is 1.25. The van der Waals surface area contributed by atoms with E-state index in [1.807, 2.05) is 0 Å². The van der Waals surface area contributed by atoms with Crippen molar-refractivity contribution in [1.82, 2.24) is 10.3 Å². The van der Waals surface area contributed by atoms with E-state index in [9.17, 15) is 14.4 Å². The lowest BCUT2D eigenvalue weighted by molar-refractivity contribution is -0.140. The number of hydrogen-bond acceptors (Lipinski definition) is 5. The summed E-state index contributed by atoms with van der Waals surface area (Å²) in [5.41, 5.74) is -0.556. The fraction of sp³-hybridized carbons (Fsp3) is 0.300. The maximum Gasteiger partial charge on any atom is 0.307 e. The van der Waals surface area contributed by atoms with Gasteiger partial charge in [0.05, 0.1) is 19.1 Å². The molecule has 17 heavy (non-hydrogen) atoms. The van der Waals surface area contributed by atoms with Gasteiger partial charge in [0.2, 0.25) is 0 Å². The van der Waals surface area contributed by atoms with Crippen molar-refractivity contribution < 1.29 is 19.4 Å². The van der Waals surface area contributed by atoms with Crippen molar-refractivity contribution >= 4 is 11.9 Å². The topological polar surface area (TPSA) is 108 Å². The summed E-state index contributed by atoms with van der Waals surface area (Å²) in [5, 5.41) is 11.5. The Balaban J connectivity index is 2.58. The van der Waals surface area contributed by atoms with E-state index in [0.717, 1.165) is 12.1 Å². The molecule has 1 heterocycles. The van der Waals surface area contributed by atoms with Crippen LogP contribution in [0.3, 0.4) is 0 Å². The van der Waals surface area contributed by atoms with Crippen LogP contribution < -0.4 is 10.9 Å². The van der Waals surface area contributed by atoms with Gasteiger partial charge in [-0.1, -0.05) is 0 Å². The van der Waals surface area contributed by atoms with E-state index in [2.05, 4.69) is 15.0 Å². The van der Waals surface area contributed by atoms with Gasteiger partial charge in [0.1, 0.15) is 0 Å². The minimum Gasteiger partial charge on any atom is -0.494 e. The smallest absolute Gasteiger partial charge is 0.307 e. The summed E-state index contributed by atoms with van der Waals surface area (Å²) in [5.74, 6) is -1.38. The molecule has 0 aliphatic carbocycles. The highest BCUT2D eigenvalue weighted by Crippen LogP contribution is 2.03. The quantitative estimate of drug-likeness (QED) is 0.607. The standard InChI is InChI=1S/C10H12N2O5/c1-17-9(15)2-3-11-10(16)6-4-7(13)12-8(14)5-6/h4-5H,2-3H2,1H3,(H,11,16)(H2,12,13,14). The molecule has 1 amide bonds. The van der Waals surface area contributed by atoms with E-state index >= 15 is 0 Å². The molecule has 0 fully saturated rings. The number of pyridine rings is 1. The Kier molecular flexibility index (Phi) is 4.27. The summed E-state index contributed by atoms with van der Waals surface area (Å²) in [6.07, 6.45) is 0.0391. The molecule has 0 atom stereocenters. The molecule has 1 aromatic rings. The Morgan fingerprint density at radius 1 is 1.47 bits per heavy atom. The first kappa shape index (κ1) is 12.8. The molecule has 3 N–H and O–H groups in total. The Hall–Kier alpha value is -2.31. The number of amides is 1. The zero-order valence-electron chi connectivity index (χ0n) is 9.15. The van der Waals surface area contributed by atoms with E-state index in [4.69, 9.17) is 5.11 Å². The molecule has 0 spiro atoms. The number of carbonyl (C=O) groups excluding carboxylic acids is 2. The number of aromatic nitrogens is 1. The first-order valence-electron chi connectivity index (χ1n) is 4.81. The average Bonchev–Trinajstić information content (AvgIpc) is 2.27. The van der Waals surface area contributed by atoms with E-state index in [-0.39, 0.29) is 18.5 Å². The molecule has 0 aliphatic rings. The highest BCUT2D eigenvalue weighted by molar-refractivity contribution is 5.94. The third-order valence-corrected chi connectivity index (χ3v) is 1.93. The lowest BCUT2D eigenvalue weighted by atomic mass is 10.2. The fourth-order valence-corrected chi connectivity index (χ4v) is 1.14. The molecule has 0 aromatic carbocycles. The van der Waals surface area contributed by atoms with Crippen LogP contribution in [0.25, 0.3) is 0 Å². The summed E-state index contributed by atoms with van der Waals surface area (Å²) < 4.78 is 4.39. The number of esters is 1. The predicted octanol–water partition coefficient (Wildman–Crippen LogP) is -0.627. The minimum atomic E-state index is -0.580. The maximum absolute atomic E-state index is 11.5. The predicted molar refractivity (Wildman–Crippen MR) is 57.7 cm³/mol. The number of H-pyrrole nitrogens is 1. The van der Waals surface area contributed by atoms with Crippen molar-refractivity contribution in [3.63, 3.8) is 0 Å². The van der Waals surface area contributed by atoms with Gasteiger partial charge < -0.3 is 15.2 Å². The molecule has 0 bridgehead atoms. The molecule has 1 rings (SSSR count). The van der Waals surface area contributed by atoms with Gasteiger partial charge in [0, 0.05) is 18.7 Å². The van der Waals surface area contributed by atoms with Gasteiger partial charge in [-0.25, -0.2) is 0 Å². The minimum absolute atomic E-state index is 0.0242. The monoisotopic (exact) mass is 240 g/mol. The molecule has 0 radical (unpaired) electrons. The number of aromatic amines is 1. The molecular formula is C10H12N2O5. The normalized spacial score (nSPS) is 9.71. The summed E-state index contributed by atoms with van der Waals surface area (Å²) in [6.45, 7) is 0.0963. The molecule has 7 heteroatoms. The number of hydrogen-bond donors (Lipinski definition) is 3. The van der Waals surface area contributed by atoms with E-state index < -0.39 is 23.3 Å². The number of methoxy groups -OCH3 is 1. The van der Waals surface area contributed by atoms with E-state index in [1.165, 1.54) is 7.11 Å². The van der Waals surface area contributed by atoms with Crippen LogP contribution in [0.15, 0.2) is 16.9 Å². The maximum atomic E-state index is 11.5. The fourth-order valence-electron chi connectivity index (χ4n) is 1.14. The SMILES string of the molecule is COC(=O)CCNC(=O)c1cc(O)[nH]c(=O)c1. The summed E-state index contributed by atoms with van der Waals surface area (Å²) in [4.78, 5) is 35.3. The third kappa shape index (κ3) is 3.98. The largest absolute Gasteiger partial charge is 0.494 e. The second kappa shape index (κ2) is 5.69. The lowest BCUT2D eigenvalue weighted by Gasteiger charge is -2.04. The van der Waals surface area contributed by atoms with E-state index in [1.54, 1.807) is 0 Å². The van der Waals surface area contributed by atoms with Crippen LogP contribution in [0.1, 0.15) is 16.8 Å². The number of carbonyl (C=O) groups is 2. The van der Waals surface area contributed by atoms with Crippen molar-refractivity contribution in [3.8, 4) is 5.88 Å². The number of ether oxygens (including phenoxy) is 1. The van der Waals surface area contributed by atoms with Crippen LogP contribution in [-0.4, -0.2) is 35.6 Å². The van der Waals surface area contributed by atoms with Crippen LogP contribution in [-0.2, 0) is 9.53 Å². The number of nitrogens with one attached hydrogen (secondary N) is 2. The van der Waals surface area contributed by atoms with Crippen molar-refractivity contribution in [2.45, 2.75) is 6.42 Å². The molecule has 0 aliphatic heterocycles. The van der Waals surface area contributed by atoms with Gasteiger partial charge >= 0.3 is 5.97 Å². The van der Waals surface area contributed by atoms with Gasteiger partial charge in [-0.15, -0.1) is 0 Å². The highest BCUT2D eigenvalue weighted by Gasteiger charge is 2.08. The van der Waals surface area contributed by atoms with Crippen LogP contribution >= 0.6 is 0 Å². The van der Waals surface area contributed by atoms with Gasteiger partial charge in [-0.2, -0.15) is 0 Å². The zero-order valence-corrected chi connectivity index (χ0v) is 9.15. The van der Waals surface area contributed by atoms with Crippen molar-refractivity contribution in [2.24, 2.45) is 0 Å².